The first kappa shape index (κ1) is 17.2. The normalized spacial score (nSPS) is 10.9. The molecule has 0 unspecified atom stereocenters. The third-order valence-electron chi connectivity index (χ3n) is 4.40. The van der Waals surface area contributed by atoms with Crippen molar-refractivity contribution in [1.82, 2.24) is 9.97 Å². The Hall–Kier alpha value is -3.18. The molecule has 27 heavy (non-hydrogen) atoms. The van der Waals surface area contributed by atoms with E-state index in [1.54, 1.807) is 24.3 Å². The van der Waals surface area contributed by atoms with Gasteiger partial charge in [0.2, 0.25) is 5.89 Å². The lowest BCUT2D eigenvalue weighted by Crippen LogP contribution is -2.12. The van der Waals surface area contributed by atoms with E-state index in [9.17, 15) is 4.79 Å². The van der Waals surface area contributed by atoms with Crippen molar-refractivity contribution >= 4 is 34.3 Å². The van der Waals surface area contributed by atoms with Crippen molar-refractivity contribution in [2.24, 2.45) is 0 Å². The first-order valence-corrected chi connectivity index (χ1v) is 8.79. The number of hydrogen-bond donors (Lipinski definition) is 1. The second-order valence-electron chi connectivity index (χ2n) is 6.30. The van der Waals surface area contributed by atoms with Crippen LogP contribution in [0.5, 0.6) is 0 Å². The Balaban J connectivity index is 1.57. The molecule has 0 bridgehead atoms. The van der Waals surface area contributed by atoms with Gasteiger partial charge >= 0.3 is 0 Å². The highest BCUT2D eigenvalue weighted by atomic mass is 35.5. The van der Waals surface area contributed by atoms with Gasteiger partial charge in [-0.1, -0.05) is 11.6 Å². The summed E-state index contributed by atoms with van der Waals surface area (Å²) in [6.07, 6.45) is 1.54. The van der Waals surface area contributed by atoms with E-state index >= 15 is 0 Å². The number of benzene rings is 2. The Morgan fingerprint density at radius 2 is 1.81 bits per heavy atom. The molecule has 2 aromatic heterocycles. The molecule has 5 nitrogen and oxygen atoms in total. The highest BCUT2D eigenvalue weighted by Crippen LogP contribution is 2.27. The Morgan fingerprint density at radius 3 is 2.56 bits per heavy atom. The van der Waals surface area contributed by atoms with Gasteiger partial charge in [-0.05, 0) is 73.5 Å². The summed E-state index contributed by atoms with van der Waals surface area (Å²) in [4.78, 5) is 20.8. The predicted octanol–water partition coefficient (Wildman–Crippen LogP) is 5.41. The van der Waals surface area contributed by atoms with Gasteiger partial charge in [-0.3, -0.25) is 4.79 Å². The summed E-state index contributed by atoms with van der Waals surface area (Å²) in [5, 5.41) is 2.97. The van der Waals surface area contributed by atoms with Crippen molar-refractivity contribution in [2.75, 3.05) is 5.32 Å². The third kappa shape index (κ3) is 3.41. The number of aryl methyl sites for hydroxylation is 2. The zero-order valence-electron chi connectivity index (χ0n) is 14.8. The Bertz CT molecular complexity index is 1110. The molecule has 0 radical (unpaired) electrons. The number of nitrogens with one attached hydrogen (secondary N) is 1. The van der Waals surface area contributed by atoms with Crippen LogP contribution < -0.4 is 5.32 Å². The van der Waals surface area contributed by atoms with Gasteiger partial charge in [0, 0.05) is 17.4 Å². The number of hydrogen-bond acceptors (Lipinski definition) is 4. The summed E-state index contributed by atoms with van der Waals surface area (Å²) in [5.41, 5.74) is 5.73. The van der Waals surface area contributed by atoms with Crippen molar-refractivity contribution in [3.05, 3.63) is 76.6 Å². The van der Waals surface area contributed by atoms with Gasteiger partial charge in [0.1, 0.15) is 10.7 Å². The number of carbonyl (C=O) groups excluding carboxylic acids is 1. The molecule has 2 aromatic carbocycles. The van der Waals surface area contributed by atoms with E-state index in [4.69, 9.17) is 16.0 Å². The average Bonchev–Trinajstić information content (AvgIpc) is 3.05. The lowest BCUT2D eigenvalue weighted by molar-refractivity contribution is 0.102. The summed E-state index contributed by atoms with van der Waals surface area (Å²) in [7, 11) is 0. The van der Waals surface area contributed by atoms with Crippen LogP contribution in [0, 0.1) is 13.8 Å². The molecule has 0 saturated carbocycles. The third-order valence-corrected chi connectivity index (χ3v) is 4.70. The van der Waals surface area contributed by atoms with Gasteiger partial charge < -0.3 is 9.73 Å². The second kappa shape index (κ2) is 6.85. The molecule has 0 aliphatic rings. The summed E-state index contributed by atoms with van der Waals surface area (Å²) < 4.78 is 5.87. The largest absolute Gasteiger partial charge is 0.436 e. The first-order chi connectivity index (χ1) is 13.0. The van der Waals surface area contributed by atoms with E-state index in [0.29, 0.717) is 17.1 Å². The van der Waals surface area contributed by atoms with Crippen LogP contribution in [0.2, 0.25) is 5.15 Å². The smallest absolute Gasteiger partial charge is 0.258 e. The molecule has 6 heteroatoms. The average molecular weight is 378 g/mol. The highest BCUT2D eigenvalue weighted by molar-refractivity contribution is 6.33. The molecule has 4 aromatic rings. The molecule has 0 atom stereocenters. The summed E-state index contributed by atoms with van der Waals surface area (Å²) in [6.45, 7) is 4.10. The number of anilines is 1. The minimum absolute atomic E-state index is 0.170. The lowest BCUT2D eigenvalue weighted by atomic mass is 10.1. The minimum atomic E-state index is -0.311. The molecular weight excluding hydrogens is 362 g/mol. The maximum Gasteiger partial charge on any atom is 0.258 e. The molecule has 0 fully saturated rings. The monoisotopic (exact) mass is 377 g/mol. The summed E-state index contributed by atoms with van der Waals surface area (Å²) in [5.74, 6) is 0.233. The molecule has 0 spiro atoms. The van der Waals surface area contributed by atoms with Crippen molar-refractivity contribution in [1.29, 1.82) is 0 Å². The Labute approximate surface area is 161 Å². The number of fused-ring (bicyclic) bond motifs is 1. The molecule has 2 heterocycles. The highest BCUT2D eigenvalue weighted by Gasteiger charge is 2.12. The van der Waals surface area contributed by atoms with Gasteiger partial charge in [0.15, 0.2) is 5.58 Å². The molecule has 0 aliphatic carbocycles. The molecular formula is C21H16ClN3O2. The van der Waals surface area contributed by atoms with Crippen LogP contribution >= 0.6 is 11.6 Å². The van der Waals surface area contributed by atoms with E-state index in [1.165, 1.54) is 11.8 Å². The predicted molar refractivity (Wildman–Crippen MR) is 106 cm³/mol. The standard InChI is InChI=1S/C21H16ClN3O2/c1-12-10-17-18(11-13(12)2)27-21(25-17)14-5-7-15(8-6-14)24-20(26)16-4-3-9-23-19(16)22/h3-11H,1-2H3,(H,24,26). The van der Waals surface area contributed by atoms with E-state index < -0.39 is 0 Å². The van der Waals surface area contributed by atoms with Crippen molar-refractivity contribution in [2.45, 2.75) is 13.8 Å². The maximum absolute atomic E-state index is 12.3. The molecule has 134 valence electrons. The number of halogens is 1. The fourth-order valence-electron chi connectivity index (χ4n) is 2.75. The van der Waals surface area contributed by atoms with Crippen LogP contribution in [0.1, 0.15) is 21.5 Å². The van der Waals surface area contributed by atoms with E-state index in [-0.39, 0.29) is 11.1 Å². The van der Waals surface area contributed by atoms with Crippen molar-refractivity contribution < 1.29 is 9.21 Å². The van der Waals surface area contributed by atoms with Crippen LogP contribution in [0.4, 0.5) is 5.69 Å². The fraction of sp³-hybridized carbons (Fsp3) is 0.0952. The van der Waals surface area contributed by atoms with Crippen LogP contribution in [0.25, 0.3) is 22.6 Å². The van der Waals surface area contributed by atoms with Gasteiger partial charge in [0.25, 0.3) is 5.91 Å². The summed E-state index contributed by atoms with van der Waals surface area (Å²) in [6, 6.07) is 14.6. The molecule has 0 saturated heterocycles. The Morgan fingerprint density at radius 1 is 1.07 bits per heavy atom. The van der Waals surface area contributed by atoms with Crippen LogP contribution in [-0.4, -0.2) is 15.9 Å². The minimum Gasteiger partial charge on any atom is -0.436 e. The van der Waals surface area contributed by atoms with E-state index in [2.05, 4.69) is 22.2 Å². The van der Waals surface area contributed by atoms with Crippen molar-refractivity contribution in [3.63, 3.8) is 0 Å². The summed E-state index contributed by atoms with van der Waals surface area (Å²) >= 11 is 5.96. The maximum atomic E-state index is 12.3. The molecule has 1 N–H and O–H groups in total. The quantitative estimate of drug-likeness (QED) is 0.484. The number of pyridine rings is 1. The molecule has 4 rings (SSSR count). The zero-order chi connectivity index (χ0) is 19.0. The number of oxazole rings is 1. The van der Waals surface area contributed by atoms with Crippen LogP contribution in [0.3, 0.4) is 0 Å². The number of rotatable bonds is 3. The van der Waals surface area contributed by atoms with Crippen LogP contribution in [-0.2, 0) is 0 Å². The van der Waals surface area contributed by atoms with Gasteiger partial charge in [-0.15, -0.1) is 0 Å². The SMILES string of the molecule is Cc1cc2nc(-c3ccc(NC(=O)c4cccnc4Cl)cc3)oc2cc1C. The van der Waals surface area contributed by atoms with Crippen molar-refractivity contribution in [3.8, 4) is 11.5 Å². The number of carbonyl (C=O) groups is 1. The lowest BCUT2D eigenvalue weighted by Gasteiger charge is -2.06. The van der Waals surface area contributed by atoms with E-state index in [0.717, 1.165) is 22.2 Å². The van der Waals surface area contributed by atoms with Gasteiger partial charge in [-0.2, -0.15) is 0 Å². The number of nitrogens with zero attached hydrogens (tertiary/aromatic N) is 2. The molecule has 1 amide bonds. The van der Waals surface area contributed by atoms with Gasteiger partial charge in [0.05, 0.1) is 5.56 Å². The first-order valence-electron chi connectivity index (χ1n) is 8.41. The number of aromatic nitrogens is 2. The van der Waals surface area contributed by atoms with Gasteiger partial charge in [-0.25, -0.2) is 9.97 Å². The number of amides is 1. The van der Waals surface area contributed by atoms with E-state index in [1.807, 2.05) is 31.2 Å². The topological polar surface area (TPSA) is 68.0 Å². The Kier molecular flexibility index (Phi) is 4.38. The zero-order valence-corrected chi connectivity index (χ0v) is 15.5. The molecule has 0 aliphatic heterocycles. The van der Waals surface area contributed by atoms with Crippen LogP contribution in [0.15, 0.2) is 59.1 Å². The fourth-order valence-corrected chi connectivity index (χ4v) is 2.96. The second-order valence-corrected chi connectivity index (χ2v) is 6.65.